The molecule has 0 aliphatic carbocycles. The topological polar surface area (TPSA) is 127 Å². The summed E-state index contributed by atoms with van der Waals surface area (Å²) in [5, 5.41) is 28.8. The Morgan fingerprint density at radius 1 is 1.00 bits per heavy atom. The maximum absolute atomic E-state index is 11.1. The van der Waals surface area contributed by atoms with Crippen LogP contribution >= 0.6 is 0 Å². The minimum absolute atomic E-state index is 0.0169. The third kappa shape index (κ3) is 3.01. The second kappa shape index (κ2) is 5.92. The smallest absolute Gasteiger partial charge is 0.336 e. The lowest BCUT2D eigenvalue weighted by molar-refractivity contribution is -0.385. The van der Waals surface area contributed by atoms with Gasteiger partial charge in [-0.1, -0.05) is 12.1 Å². The van der Waals surface area contributed by atoms with Crippen LogP contribution in [0.5, 0.6) is 11.5 Å². The van der Waals surface area contributed by atoms with Crippen molar-refractivity contribution in [2.24, 2.45) is 0 Å². The highest BCUT2D eigenvalue weighted by atomic mass is 16.6. The summed E-state index contributed by atoms with van der Waals surface area (Å²) in [7, 11) is 0. The number of aromatic carboxylic acids is 2. The Morgan fingerprint density at radius 2 is 1.64 bits per heavy atom. The molecule has 2 rings (SSSR count). The van der Waals surface area contributed by atoms with Crippen LogP contribution in [0.1, 0.15) is 20.7 Å². The molecule has 0 spiro atoms. The molecule has 0 radical (unpaired) electrons. The molecule has 0 aliphatic rings. The molecule has 0 saturated heterocycles. The van der Waals surface area contributed by atoms with Crippen LogP contribution in [-0.4, -0.2) is 27.1 Å². The van der Waals surface area contributed by atoms with Crippen molar-refractivity contribution in [3.63, 3.8) is 0 Å². The maximum Gasteiger partial charge on any atom is 0.336 e. The highest BCUT2D eigenvalue weighted by Crippen LogP contribution is 2.31. The van der Waals surface area contributed by atoms with E-state index in [1.165, 1.54) is 30.3 Å². The van der Waals surface area contributed by atoms with E-state index in [2.05, 4.69) is 0 Å². The Kier molecular flexibility index (Phi) is 4.03. The van der Waals surface area contributed by atoms with Crippen molar-refractivity contribution in [1.29, 1.82) is 0 Å². The number of rotatable bonds is 5. The fourth-order valence-corrected chi connectivity index (χ4v) is 1.77. The maximum atomic E-state index is 11.1. The highest BCUT2D eigenvalue weighted by molar-refractivity contribution is 6.02. The van der Waals surface area contributed by atoms with Gasteiger partial charge in [0.05, 0.1) is 16.1 Å². The van der Waals surface area contributed by atoms with Crippen molar-refractivity contribution in [2.75, 3.05) is 0 Å². The van der Waals surface area contributed by atoms with Crippen molar-refractivity contribution < 1.29 is 29.5 Å². The summed E-state index contributed by atoms with van der Waals surface area (Å²) in [5.74, 6) is -2.93. The van der Waals surface area contributed by atoms with E-state index < -0.39 is 28.0 Å². The quantitative estimate of drug-likeness (QED) is 0.642. The van der Waals surface area contributed by atoms with Crippen molar-refractivity contribution >= 4 is 17.6 Å². The fourth-order valence-electron chi connectivity index (χ4n) is 1.77. The van der Waals surface area contributed by atoms with Gasteiger partial charge >= 0.3 is 17.6 Å². The van der Waals surface area contributed by atoms with Crippen LogP contribution < -0.4 is 4.74 Å². The van der Waals surface area contributed by atoms with Crippen molar-refractivity contribution in [3.05, 3.63) is 63.7 Å². The van der Waals surface area contributed by atoms with Gasteiger partial charge in [0, 0.05) is 6.07 Å². The number of nitro benzene ring substituents is 1. The summed E-state index contributed by atoms with van der Waals surface area (Å²) >= 11 is 0. The number of para-hydroxylation sites is 2. The van der Waals surface area contributed by atoms with Crippen LogP contribution in [0.15, 0.2) is 42.5 Å². The lowest BCUT2D eigenvalue weighted by atomic mass is 10.1. The van der Waals surface area contributed by atoms with Gasteiger partial charge in [-0.3, -0.25) is 10.1 Å². The zero-order valence-electron chi connectivity index (χ0n) is 10.9. The van der Waals surface area contributed by atoms with E-state index in [-0.39, 0.29) is 17.2 Å². The summed E-state index contributed by atoms with van der Waals surface area (Å²) in [4.78, 5) is 32.3. The predicted octanol–water partition coefficient (Wildman–Crippen LogP) is 2.78. The molecule has 112 valence electrons. The van der Waals surface area contributed by atoms with Gasteiger partial charge in [-0.25, -0.2) is 9.59 Å². The molecule has 2 aromatic carbocycles. The number of hydrogen-bond acceptors (Lipinski definition) is 5. The van der Waals surface area contributed by atoms with Gasteiger partial charge in [-0.05, 0) is 24.3 Å². The molecule has 0 aliphatic heterocycles. The van der Waals surface area contributed by atoms with E-state index >= 15 is 0 Å². The summed E-state index contributed by atoms with van der Waals surface area (Å²) in [6.07, 6.45) is 0. The van der Waals surface area contributed by atoms with Crippen LogP contribution in [0, 0.1) is 10.1 Å². The van der Waals surface area contributed by atoms with Crippen molar-refractivity contribution in [1.82, 2.24) is 0 Å². The molecule has 8 heteroatoms. The molecular weight excluding hydrogens is 294 g/mol. The predicted molar refractivity (Wildman–Crippen MR) is 73.5 cm³/mol. The molecule has 0 amide bonds. The van der Waals surface area contributed by atoms with Gasteiger partial charge in [-0.15, -0.1) is 0 Å². The Balaban J connectivity index is 2.43. The molecule has 0 fully saturated rings. The lowest BCUT2D eigenvalue weighted by Crippen LogP contribution is -2.08. The summed E-state index contributed by atoms with van der Waals surface area (Å²) in [6.45, 7) is 0. The molecule has 2 aromatic rings. The molecule has 0 aromatic heterocycles. The first-order valence-corrected chi connectivity index (χ1v) is 5.92. The second-order valence-corrected chi connectivity index (χ2v) is 4.14. The highest BCUT2D eigenvalue weighted by Gasteiger charge is 2.19. The fraction of sp³-hybridized carbons (Fsp3) is 0. The first-order chi connectivity index (χ1) is 10.4. The molecule has 0 bridgehead atoms. The molecule has 0 atom stereocenters. The Hall–Kier alpha value is -3.42. The minimum Gasteiger partial charge on any atom is -0.478 e. The first-order valence-electron chi connectivity index (χ1n) is 5.92. The molecule has 22 heavy (non-hydrogen) atoms. The van der Waals surface area contributed by atoms with E-state index in [0.717, 1.165) is 12.1 Å². The summed E-state index contributed by atoms with van der Waals surface area (Å²) < 4.78 is 5.30. The molecule has 2 N–H and O–H groups in total. The summed E-state index contributed by atoms with van der Waals surface area (Å²) in [6, 6.07) is 8.86. The normalized spacial score (nSPS) is 10.0. The van der Waals surface area contributed by atoms with Crippen LogP contribution in [0.25, 0.3) is 0 Å². The number of benzene rings is 2. The number of carbonyl (C=O) groups is 2. The lowest BCUT2D eigenvalue weighted by Gasteiger charge is -2.08. The van der Waals surface area contributed by atoms with Gasteiger partial charge in [0.2, 0.25) is 5.75 Å². The largest absolute Gasteiger partial charge is 0.478 e. The van der Waals surface area contributed by atoms with Gasteiger partial charge in [0.25, 0.3) is 0 Å². The average Bonchev–Trinajstić information content (AvgIpc) is 2.47. The summed E-state index contributed by atoms with van der Waals surface area (Å²) in [5.41, 5.74) is -1.16. The van der Waals surface area contributed by atoms with Crippen molar-refractivity contribution in [3.8, 4) is 11.5 Å². The molecular formula is C14H9NO7. The SMILES string of the molecule is O=C(O)c1ccc(Oc2ccccc2[N+](=O)[O-])cc1C(=O)O. The molecule has 0 unspecified atom stereocenters. The number of carboxylic acid groups (broad SMARTS) is 2. The minimum atomic E-state index is -1.44. The van der Waals surface area contributed by atoms with Gasteiger partial charge in [0.1, 0.15) is 5.75 Å². The standard InChI is InChI=1S/C14H9NO7/c16-13(17)9-6-5-8(7-10(9)14(18)19)22-12-4-2-1-3-11(12)15(20)21/h1-7H,(H,16,17)(H,18,19). The second-order valence-electron chi connectivity index (χ2n) is 4.14. The van der Waals surface area contributed by atoms with Gasteiger partial charge in [-0.2, -0.15) is 0 Å². The Labute approximate surface area is 123 Å². The van der Waals surface area contributed by atoms with E-state index in [1.54, 1.807) is 0 Å². The number of nitro groups is 1. The van der Waals surface area contributed by atoms with Crippen molar-refractivity contribution in [2.45, 2.75) is 0 Å². The Morgan fingerprint density at radius 3 is 2.23 bits per heavy atom. The molecule has 0 saturated carbocycles. The van der Waals surface area contributed by atoms with Crippen LogP contribution in [-0.2, 0) is 0 Å². The Bertz CT molecular complexity index is 770. The third-order valence-corrected chi connectivity index (χ3v) is 2.74. The number of carboxylic acids is 2. The molecule has 0 heterocycles. The van der Waals surface area contributed by atoms with E-state index in [9.17, 15) is 19.7 Å². The van der Waals surface area contributed by atoms with Crippen LogP contribution in [0.4, 0.5) is 5.69 Å². The zero-order valence-corrected chi connectivity index (χ0v) is 10.9. The first kappa shape index (κ1) is 15.0. The van der Waals surface area contributed by atoms with E-state index in [0.29, 0.717) is 0 Å². The molecule has 8 nitrogen and oxygen atoms in total. The zero-order chi connectivity index (χ0) is 16.3. The van der Waals surface area contributed by atoms with Gasteiger partial charge < -0.3 is 14.9 Å². The van der Waals surface area contributed by atoms with E-state index in [4.69, 9.17) is 14.9 Å². The van der Waals surface area contributed by atoms with Crippen LogP contribution in [0.3, 0.4) is 0 Å². The van der Waals surface area contributed by atoms with E-state index in [1.807, 2.05) is 0 Å². The number of ether oxygens (including phenoxy) is 1. The third-order valence-electron chi connectivity index (χ3n) is 2.74. The number of nitrogens with zero attached hydrogens (tertiary/aromatic N) is 1. The van der Waals surface area contributed by atoms with Gasteiger partial charge in [0.15, 0.2) is 0 Å². The van der Waals surface area contributed by atoms with Crippen LogP contribution in [0.2, 0.25) is 0 Å². The average molecular weight is 303 g/mol. The monoisotopic (exact) mass is 303 g/mol. The number of hydrogen-bond donors (Lipinski definition) is 2.